The molecule has 0 aromatic heterocycles. The molecule has 0 saturated carbocycles. The summed E-state index contributed by atoms with van der Waals surface area (Å²) < 4.78 is 25.2. The third-order valence-electron chi connectivity index (χ3n) is 6.37. The van der Waals surface area contributed by atoms with Gasteiger partial charge in [0.2, 0.25) is 5.91 Å². The van der Waals surface area contributed by atoms with Gasteiger partial charge in [0.25, 0.3) is 0 Å². The predicted molar refractivity (Wildman–Crippen MR) is 128 cm³/mol. The average molecular weight is 471 g/mol. The minimum absolute atomic E-state index is 0.131. The van der Waals surface area contributed by atoms with Crippen molar-refractivity contribution in [1.82, 2.24) is 4.90 Å². The van der Waals surface area contributed by atoms with Crippen molar-refractivity contribution in [1.29, 1.82) is 0 Å². The van der Waals surface area contributed by atoms with Crippen LogP contribution >= 0.6 is 0 Å². The molecule has 0 bridgehead atoms. The SMILES string of the molecule is COc1ccc(CCCC(=O)N2CCN(c3ccc(N4CC(CN)OC4=O)cc3F)CC2)cc1. The van der Waals surface area contributed by atoms with Crippen molar-refractivity contribution in [3.63, 3.8) is 0 Å². The zero-order chi connectivity index (χ0) is 24.1. The van der Waals surface area contributed by atoms with Crippen LogP contribution in [0.4, 0.5) is 20.6 Å². The second-order valence-electron chi connectivity index (χ2n) is 8.56. The number of hydrogen-bond donors (Lipinski definition) is 1. The van der Waals surface area contributed by atoms with E-state index in [1.807, 2.05) is 34.1 Å². The second kappa shape index (κ2) is 10.7. The summed E-state index contributed by atoms with van der Waals surface area (Å²) in [7, 11) is 1.64. The first-order valence-electron chi connectivity index (χ1n) is 11.6. The van der Waals surface area contributed by atoms with Crippen LogP contribution in [0.25, 0.3) is 0 Å². The molecule has 2 aromatic rings. The standard InChI is InChI=1S/C25H31FN4O4/c1-33-20-8-5-18(6-9-20)3-2-4-24(31)29-13-11-28(12-14-29)23-10-7-19(15-22(23)26)30-17-21(16-27)34-25(30)32/h5-10,15,21H,2-4,11-14,16-17,27H2,1H3. The quantitative estimate of drug-likeness (QED) is 0.638. The molecule has 182 valence electrons. The van der Waals surface area contributed by atoms with Gasteiger partial charge in [0.15, 0.2) is 0 Å². The molecule has 1 unspecified atom stereocenters. The molecule has 9 heteroatoms. The van der Waals surface area contributed by atoms with Crippen molar-refractivity contribution in [3.05, 3.63) is 53.8 Å². The predicted octanol–water partition coefficient (Wildman–Crippen LogP) is 2.79. The Bertz CT molecular complexity index is 1010. The summed E-state index contributed by atoms with van der Waals surface area (Å²) >= 11 is 0. The van der Waals surface area contributed by atoms with E-state index in [9.17, 15) is 14.0 Å². The minimum Gasteiger partial charge on any atom is -0.497 e. The highest BCUT2D eigenvalue weighted by molar-refractivity contribution is 5.90. The Morgan fingerprint density at radius 2 is 1.88 bits per heavy atom. The Balaban J connectivity index is 1.26. The van der Waals surface area contributed by atoms with Gasteiger partial charge < -0.3 is 25.0 Å². The molecule has 2 aromatic carbocycles. The third-order valence-corrected chi connectivity index (χ3v) is 6.37. The number of halogens is 1. The fourth-order valence-corrected chi connectivity index (χ4v) is 4.37. The van der Waals surface area contributed by atoms with E-state index in [4.69, 9.17) is 15.2 Å². The summed E-state index contributed by atoms with van der Waals surface area (Å²) in [5, 5.41) is 0. The Labute approximate surface area is 199 Å². The van der Waals surface area contributed by atoms with Gasteiger partial charge in [0.05, 0.1) is 25.0 Å². The molecule has 2 amide bonds. The first-order valence-corrected chi connectivity index (χ1v) is 11.6. The van der Waals surface area contributed by atoms with Crippen LogP contribution in [0.15, 0.2) is 42.5 Å². The molecule has 0 radical (unpaired) electrons. The van der Waals surface area contributed by atoms with Crippen LogP contribution in [0, 0.1) is 5.82 Å². The zero-order valence-electron chi connectivity index (χ0n) is 19.4. The Morgan fingerprint density at radius 1 is 1.15 bits per heavy atom. The van der Waals surface area contributed by atoms with Gasteiger partial charge in [-0.3, -0.25) is 9.69 Å². The topological polar surface area (TPSA) is 88.3 Å². The number of rotatable bonds is 8. The lowest BCUT2D eigenvalue weighted by molar-refractivity contribution is -0.131. The molecule has 1 atom stereocenters. The van der Waals surface area contributed by atoms with Crippen LogP contribution < -0.4 is 20.3 Å². The van der Waals surface area contributed by atoms with Crippen LogP contribution in [-0.4, -0.2) is 69.4 Å². The monoisotopic (exact) mass is 470 g/mol. The fourth-order valence-electron chi connectivity index (χ4n) is 4.37. The summed E-state index contributed by atoms with van der Waals surface area (Å²) in [5.74, 6) is 0.550. The second-order valence-corrected chi connectivity index (χ2v) is 8.56. The first-order chi connectivity index (χ1) is 16.5. The molecule has 4 rings (SSSR count). The van der Waals surface area contributed by atoms with Crippen molar-refractivity contribution in [3.8, 4) is 5.75 Å². The summed E-state index contributed by atoms with van der Waals surface area (Å²) in [6, 6.07) is 12.6. The van der Waals surface area contributed by atoms with Gasteiger partial charge in [-0.2, -0.15) is 0 Å². The van der Waals surface area contributed by atoms with Crippen LogP contribution in [0.3, 0.4) is 0 Å². The lowest BCUT2D eigenvalue weighted by Crippen LogP contribution is -2.49. The van der Waals surface area contributed by atoms with E-state index in [0.29, 0.717) is 50.5 Å². The van der Waals surface area contributed by atoms with E-state index < -0.39 is 11.9 Å². The molecule has 0 spiro atoms. The molecule has 2 saturated heterocycles. The van der Waals surface area contributed by atoms with Crippen molar-refractivity contribution < 1.29 is 23.5 Å². The molecule has 2 N–H and O–H groups in total. The maximum atomic E-state index is 14.9. The molecule has 34 heavy (non-hydrogen) atoms. The summed E-state index contributed by atoms with van der Waals surface area (Å²) in [5.41, 5.74) is 7.67. The van der Waals surface area contributed by atoms with Crippen LogP contribution in [0.5, 0.6) is 5.75 Å². The Hall–Kier alpha value is -3.33. The van der Waals surface area contributed by atoms with Gasteiger partial charge >= 0.3 is 6.09 Å². The van der Waals surface area contributed by atoms with Crippen LogP contribution in [0.2, 0.25) is 0 Å². The number of amides is 2. The van der Waals surface area contributed by atoms with E-state index in [2.05, 4.69) is 0 Å². The zero-order valence-corrected chi connectivity index (χ0v) is 19.4. The number of anilines is 2. The number of nitrogens with zero attached hydrogens (tertiary/aromatic N) is 3. The number of ether oxygens (including phenoxy) is 2. The van der Waals surface area contributed by atoms with Crippen LogP contribution in [-0.2, 0) is 16.0 Å². The van der Waals surface area contributed by atoms with E-state index in [1.165, 1.54) is 16.5 Å². The summed E-state index contributed by atoms with van der Waals surface area (Å²) in [4.78, 5) is 29.8. The van der Waals surface area contributed by atoms with Crippen molar-refractivity contribution in [2.45, 2.75) is 25.4 Å². The number of cyclic esters (lactones) is 1. The third kappa shape index (κ3) is 5.41. The van der Waals surface area contributed by atoms with Gasteiger partial charge in [-0.1, -0.05) is 12.1 Å². The molecule has 2 fully saturated rings. The highest BCUT2D eigenvalue weighted by atomic mass is 19.1. The van der Waals surface area contributed by atoms with Crippen molar-refractivity contribution in [2.75, 3.05) is 56.2 Å². The molecule has 2 aliphatic heterocycles. The summed E-state index contributed by atoms with van der Waals surface area (Å²) in [6.45, 7) is 2.77. The van der Waals surface area contributed by atoms with Crippen molar-refractivity contribution >= 4 is 23.4 Å². The number of piperazine rings is 1. The number of carbonyl (C=O) groups is 2. The van der Waals surface area contributed by atoms with Gasteiger partial charge in [-0.25, -0.2) is 9.18 Å². The molecule has 2 aliphatic rings. The maximum absolute atomic E-state index is 14.9. The van der Waals surface area contributed by atoms with E-state index in [-0.39, 0.29) is 18.6 Å². The highest BCUT2D eigenvalue weighted by Gasteiger charge is 2.32. The Kier molecular flexibility index (Phi) is 7.52. The number of methoxy groups -OCH3 is 1. The number of benzene rings is 2. The van der Waals surface area contributed by atoms with E-state index in [0.717, 1.165) is 18.6 Å². The Morgan fingerprint density at radius 3 is 2.50 bits per heavy atom. The minimum atomic E-state index is -0.512. The van der Waals surface area contributed by atoms with E-state index in [1.54, 1.807) is 19.2 Å². The van der Waals surface area contributed by atoms with Gasteiger partial charge in [0.1, 0.15) is 17.7 Å². The fraction of sp³-hybridized carbons (Fsp3) is 0.440. The molecule has 2 heterocycles. The summed E-state index contributed by atoms with van der Waals surface area (Å²) in [6.07, 6.45) is 1.22. The van der Waals surface area contributed by atoms with Gasteiger partial charge in [0, 0.05) is 39.1 Å². The van der Waals surface area contributed by atoms with Gasteiger partial charge in [-0.05, 0) is 48.7 Å². The number of hydrogen-bond acceptors (Lipinski definition) is 6. The molecule has 0 aliphatic carbocycles. The van der Waals surface area contributed by atoms with E-state index >= 15 is 0 Å². The first kappa shape index (κ1) is 23.8. The molecular formula is C25H31FN4O4. The highest BCUT2D eigenvalue weighted by Crippen LogP contribution is 2.28. The smallest absolute Gasteiger partial charge is 0.414 e. The maximum Gasteiger partial charge on any atom is 0.414 e. The van der Waals surface area contributed by atoms with Gasteiger partial charge in [-0.15, -0.1) is 0 Å². The van der Waals surface area contributed by atoms with Crippen LogP contribution in [0.1, 0.15) is 18.4 Å². The molecule has 8 nitrogen and oxygen atoms in total. The normalized spacial score (nSPS) is 18.3. The van der Waals surface area contributed by atoms with Crippen molar-refractivity contribution in [2.24, 2.45) is 5.73 Å². The number of aryl methyl sites for hydroxylation is 1. The lowest BCUT2D eigenvalue weighted by atomic mass is 10.1. The number of carbonyl (C=O) groups excluding carboxylic acids is 2. The average Bonchev–Trinajstić information content (AvgIpc) is 3.25. The lowest BCUT2D eigenvalue weighted by Gasteiger charge is -2.36. The molecular weight excluding hydrogens is 439 g/mol. The largest absolute Gasteiger partial charge is 0.497 e. The number of nitrogens with two attached hydrogens (primary N) is 1.